The third-order valence-electron chi connectivity index (χ3n) is 7.40. The molecule has 0 amide bonds. The smallest absolute Gasteiger partial charge is 0.259 e. The van der Waals surface area contributed by atoms with E-state index in [0.29, 0.717) is 40.9 Å². The highest BCUT2D eigenvalue weighted by Gasteiger charge is 2.64. The number of ether oxygens (including phenoxy) is 2. The second kappa shape index (κ2) is 5.07. The van der Waals surface area contributed by atoms with Gasteiger partial charge in [-0.3, -0.25) is 9.59 Å². The maximum atomic E-state index is 13.2. The number of ketones is 2. The third-order valence-corrected chi connectivity index (χ3v) is 7.40. The molecule has 2 aromatic carbocycles. The molecule has 2 aromatic rings. The largest absolute Gasteiger partial charge is 0.451 e. The SMILES string of the molecule is O=C1C2=C(O[C@]3(C2)Oc2ccccc2[C@@H]2[C@H]3[C@H]3C=C[C@@H]2C3)C(=O)c2ccccc21. The van der Waals surface area contributed by atoms with Gasteiger partial charge in [-0.1, -0.05) is 54.6 Å². The lowest BCUT2D eigenvalue weighted by molar-refractivity contribution is -0.194. The highest BCUT2D eigenvalue weighted by molar-refractivity contribution is 6.26. The summed E-state index contributed by atoms with van der Waals surface area (Å²) in [5, 5.41) is 0. The topological polar surface area (TPSA) is 52.6 Å². The van der Waals surface area contributed by atoms with E-state index in [2.05, 4.69) is 24.3 Å². The third kappa shape index (κ3) is 1.80. The van der Waals surface area contributed by atoms with E-state index < -0.39 is 5.79 Å². The molecule has 1 fully saturated rings. The number of allylic oxidation sites excluding steroid dienone is 3. The molecule has 2 heterocycles. The summed E-state index contributed by atoms with van der Waals surface area (Å²) < 4.78 is 12.9. The van der Waals surface area contributed by atoms with Crippen LogP contribution in [0.4, 0.5) is 0 Å². The summed E-state index contributed by atoms with van der Waals surface area (Å²) >= 11 is 0. The average molecular weight is 382 g/mol. The van der Waals surface area contributed by atoms with Crippen molar-refractivity contribution in [2.24, 2.45) is 17.8 Å². The quantitative estimate of drug-likeness (QED) is 0.633. The lowest BCUT2D eigenvalue weighted by Gasteiger charge is -2.46. The van der Waals surface area contributed by atoms with E-state index in [-0.39, 0.29) is 23.2 Å². The molecule has 3 aliphatic carbocycles. The molecule has 0 unspecified atom stereocenters. The maximum absolute atomic E-state index is 13.2. The van der Waals surface area contributed by atoms with Crippen LogP contribution < -0.4 is 4.74 Å². The van der Waals surface area contributed by atoms with Gasteiger partial charge in [-0.25, -0.2) is 0 Å². The van der Waals surface area contributed by atoms with Crippen LogP contribution in [-0.4, -0.2) is 17.4 Å². The molecule has 0 radical (unpaired) electrons. The van der Waals surface area contributed by atoms with Crippen molar-refractivity contribution in [2.75, 3.05) is 0 Å². The fourth-order valence-corrected chi connectivity index (χ4v) is 6.32. The minimum atomic E-state index is -0.985. The summed E-state index contributed by atoms with van der Waals surface area (Å²) in [7, 11) is 0. The van der Waals surface area contributed by atoms with Crippen LogP contribution in [-0.2, 0) is 4.74 Å². The fraction of sp³-hybridized carbons (Fsp3) is 0.280. The van der Waals surface area contributed by atoms with Crippen molar-refractivity contribution >= 4 is 11.6 Å². The van der Waals surface area contributed by atoms with Crippen LogP contribution in [0.2, 0.25) is 0 Å². The number of hydrogen-bond donors (Lipinski definition) is 0. The number of carbonyl (C=O) groups excluding carboxylic acids is 2. The first-order valence-electron chi connectivity index (χ1n) is 10.2. The maximum Gasteiger partial charge on any atom is 0.259 e. The molecule has 1 spiro atoms. The summed E-state index contributed by atoms with van der Waals surface area (Å²) in [6, 6.07) is 15.1. The van der Waals surface area contributed by atoms with E-state index in [1.54, 1.807) is 24.3 Å². The lowest BCUT2D eigenvalue weighted by Crippen LogP contribution is -2.51. The standard InChI is InChI=1S/C25H18O4/c26-22-15-5-1-2-6-16(15)23(27)24-18(22)12-25(29-24)21-14-10-9-13(11-14)20(21)17-7-3-4-8-19(17)28-25/h1-10,13-14,20-21H,11-12H2/t13-,14+,20-,21-,25+/m1/s1. The van der Waals surface area contributed by atoms with E-state index in [1.807, 2.05) is 12.1 Å². The average Bonchev–Trinajstić information content (AvgIpc) is 3.46. The Morgan fingerprint density at radius 3 is 2.41 bits per heavy atom. The Kier molecular flexibility index (Phi) is 2.75. The number of carbonyl (C=O) groups is 2. The number of Topliss-reactive ketones (excluding diaryl/α,β-unsaturated/α-hetero) is 2. The van der Waals surface area contributed by atoms with Gasteiger partial charge < -0.3 is 9.47 Å². The van der Waals surface area contributed by atoms with Crippen LogP contribution in [0.3, 0.4) is 0 Å². The number of hydrogen-bond acceptors (Lipinski definition) is 4. The van der Waals surface area contributed by atoms with E-state index in [4.69, 9.17) is 9.47 Å². The molecule has 1 saturated carbocycles. The van der Waals surface area contributed by atoms with Gasteiger partial charge in [-0.05, 0) is 29.9 Å². The van der Waals surface area contributed by atoms with Crippen molar-refractivity contribution < 1.29 is 19.1 Å². The molecule has 142 valence electrons. The minimum absolute atomic E-state index is 0.0988. The van der Waals surface area contributed by atoms with Gasteiger partial charge in [0.2, 0.25) is 5.78 Å². The van der Waals surface area contributed by atoms with Gasteiger partial charge in [0.25, 0.3) is 5.79 Å². The van der Waals surface area contributed by atoms with Gasteiger partial charge in [0.15, 0.2) is 11.5 Å². The van der Waals surface area contributed by atoms with Gasteiger partial charge in [0.05, 0.1) is 17.9 Å². The fourth-order valence-electron chi connectivity index (χ4n) is 6.32. The number of benzene rings is 2. The Balaban J connectivity index is 1.38. The van der Waals surface area contributed by atoms with Crippen LogP contribution in [0.25, 0.3) is 0 Å². The molecule has 0 N–H and O–H groups in total. The molecule has 7 rings (SSSR count). The van der Waals surface area contributed by atoms with Crippen LogP contribution >= 0.6 is 0 Å². The Morgan fingerprint density at radius 1 is 0.828 bits per heavy atom. The highest BCUT2D eigenvalue weighted by atomic mass is 16.7. The molecule has 4 heteroatoms. The highest BCUT2D eigenvalue weighted by Crippen LogP contribution is 2.64. The van der Waals surface area contributed by atoms with E-state index in [0.717, 1.165) is 12.2 Å². The number of fused-ring (bicyclic) bond motifs is 9. The van der Waals surface area contributed by atoms with Crippen LogP contribution in [0.15, 0.2) is 72.0 Å². The summed E-state index contributed by atoms with van der Waals surface area (Å²) in [5.41, 5.74) is 2.58. The zero-order chi connectivity index (χ0) is 19.3. The summed E-state index contributed by atoms with van der Waals surface area (Å²) in [6.07, 6.45) is 5.98. The molecule has 4 nitrogen and oxygen atoms in total. The second-order valence-corrected chi connectivity index (χ2v) is 8.74. The van der Waals surface area contributed by atoms with Crippen LogP contribution in [0.5, 0.6) is 5.75 Å². The molecular weight excluding hydrogens is 364 g/mol. The molecule has 5 atom stereocenters. The summed E-state index contributed by atoms with van der Waals surface area (Å²) in [6.45, 7) is 0. The second-order valence-electron chi connectivity index (χ2n) is 8.74. The lowest BCUT2D eigenvalue weighted by atomic mass is 9.70. The monoisotopic (exact) mass is 382 g/mol. The van der Waals surface area contributed by atoms with Crippen molar-refractivity contribution in [3.8, 4) is 5.75 Å². The Hall–Kier alpha value is -3.14. The van der Waals surface area contributed by atoms with Gasteiger partial charge in [-0.2, -0.15) is 0 Å². The molecule has 29 heavy (non-hydrogen) atoms. The number of para-hydroxylation sites is 1. The van der Waals surface area contributed by atoms with Crippen LogP contribution in [0.1, 0.15) is 45.0 Å². The van der Waals surface area contributed by atoms with Crippen molar-refractivity contribution in [2.45, 2.75) is 24.5 Å². The molecular formula is C25H18O4. The van der Waals surface area contributed by atoms with E-state index in [1.165, 1.54) is 5.56 Å². The predicted octanol–water partition coefficient (Wildman–Crippen LogP) is 4.43. The van der Waals surface area contributed by atoms with Crippen molar-refractivity contribution in [1.82, 2.24) is 0 Å². The Bertz CT molecular complexity index is 1140. The normalized spacial score (nSPS) is 35.2. The van der Waals surface area contributed by atoms with Gasteiger partial charge in [-0.15, -0.1) is 0 Å². The molecule has 2 bridgehead atoms. The summed E-state index contributed by atoms with van der Waals surface area (Å²) in [5.74, 6) is 0.899. The van der Waals surface area contributed by atoms with E-state index in [9.17, 15) is 9.59 Å². The molecule has 0 aromatic heterocycles. The first kappa shape index (κ1) is 15.7. The predicted molar refractivity (Wildman–Crippen MR) is 105 cm³/mol. The van der Waals surface area contributed by atoms with Crippen LogP contribution in [0, 0.1) is 17.8 Å². The van der Waals surface area contributed by atoms with E-state index >= 15 is 0 Å². The van der Waals surface area contributed by atoms with Gasteiger partial charge in [0, 0.05) is 17.0 Å². The first-order chi connectivity index (χ1) is 14.2. The van der Waals surface area contributed by atoms with Gasteiger partial charge >= 0.3 is 0 Å². The van der Waals surface area contributed by atoms with Crippen molar-refractivity contribution in [1.29, 1.82) is 0 Å². The molecule has 2 aliphatic heterocycles. The Labute approximate surface area is 167 Å². The first-order valence-corrected chi connectivity index (χ1v) is 10.2. The summed E-state index contributed by atoms with van der Waals surface area (Å²) in [4.78, 5) is 26.4. The van der Waals surface area contributed by atoms with Crippen molar-refractivity contribution in [3.05, 3.63) is 88.7 Å². The van der Waals surface area contributed by atoms with Gasteiger partial charge in [0.1, 0.15) is 5.75 Å². The molecule has 5 aliphatic rings. The number of rotatable bonds is 0. The zero-order valence-corrected chi connectivity index (χ0v) is 15.6. The molecule has 0 saturated heterocycles. The Morgan fingerprint density at radius 2 is 1.55 bits per heavy atom. The minimum Gasteiger partial charge on any atom is -0.451 e. The zero-order valence-electron chi connectivity index (χ0n) is 15.6. The van der Waals surface area contributed by atoms with Crippen molar-refractivity contribution in [3.63, 3.8) is 0 Å².